The Hall–Kier alpha value is -1.53. The van der Waals surface area contributed by atoms with Crippen LogP contribution in [0.5, 0.6) is 0 Å². The fourth-order valence-corrected chi connectivity index (χ4v) is 2.40. The van der Waals surface area contributed by atoms with Crippen LogP contribution in [0.25, 0.3) is 0 Å². The number of carbonyl (C=O) groups excluding carboxylic acids is 2. The van der Waals surface area contributed by atoms with Crippen molar-refractivity contribution in [1.82, 2.24) is 10.3 Å². The average molecular weight is 408 g/mol. The highest BCUT2D eigenvalue weighted by atomic mass is 35.5. The van der Waals surface area contributed by atoms with E-state index in [1.165, 1.54) is 12.3 Å². The van der Waals surface area contributed by atoms with Gasteiger partial charge in [-0.2, -0.15) is 0 Å². The number of amides is 1. The molecule has 0 saturated carbocycles. The van der Waals surface area contributed by atoms with E-state index in [0.717, 1.165) is 0 Å². The number of esters is 1. The molecule has 0 aliphatic rings. The first-order valence-electron chi connectivity index (χ1n) is 6.55. The third-order valence-corrected chi connectivity index (χ3v) is 4.13. The average Bonchev–Trinajstić information content (AvgIpc) is 2.54. The van der Waals surface area contributed by atoms with Crippen molar-refractivity contribution in [1.29, 1.82) is 0 Å². The molecule has 1 amide bonds. The summed E-state index contributed by atoms with van der Waals surface area (Å²) in [6, 6.07) is 6.23. The van der Waals surface area contributed by atoms with Crippen molar-refractivity contribution in [3.8, 4) is 0 Å². The van der Waals surface area contributed by atoms with E-state index in [0.29, 0.717) is 15.6 Å². The normalized spacial score (nSPS) is 10.3. The quantitative estimate of drug-likeness (QED) is 0.596. The smallest absolute Gasteiger partial charge is 0.340 e. The van der Waals surface area contributed by atoms with Crippen LogP contribution < -0.4 is 5.32 Å². The third kappa shape index (κ3) is 5.24. The van der Waals surface area contributed by atoms with Gasteiger partial charge < -0.3 is 10.1 Å². The summed E-state index contributed by atoms with van der Waals surface area (Å²) in [5.41, 5.74) is 0.785. The molecule has 0 radical (unpaired) electrons. The maximum atomic E-state index is 11.8. The lowest BCUT2D eigenvalue weighted by Gasteiger charge is -2.08. The number of rotatable bonds is 5. The number of aromatic nitrogens is 1. The van der Waals surface area contributed by atoms with Gasteiger partial charge >= 0.3 is 5.97 Å². The first-order valence-corrected chi connectivity index (χ1v) is 8.07. The van der Waals surface area contributed by atoms with Crippen LogP contribution in [-0.4, -0.2) is 23.5 Å². The van der Waals surface area contributed by atoms with E-state index in [4.69, 9.17) is 51.1 Å². The molecule has 2 aromatic rings. The van der Waals surface area contributed by atoms with Gasteiger partial charge in [0.2, 0.25) is 0 Å². The van der Waals surface area contributed by atoms with Gasteiger partial charge in [-0.1, -0.05) is 52.5 Å². The molecule has 0 unspecified atom stereocenters. The van der Waals surface area contributed by atoms with Crippen LogP contribution in [-0.2, 0) is 16.1 Å². The molecule has 1 aromatic heterocycles. The first kappa shape index (κ1) is 18.8. The molecule has 1 N–H and O–H groups in total. The molecule has 0 aliphatic carbocycles. The maximum absolute atomic E-state index is 11.8. The molecule has 1 heterocycles. The Labute approximate surface area is 157 Å². The fourth-order valence-electron chi connectivity index (χ4n) is 1.66. The minimum absolute atomic E-state index is 0.0748. The van der Waals surface area contributed by atoms with Crippen molar-refractivity contribution in [3.05, 3.63) is 61.8 Å². The molecule has 9 heteroatoms. The lowest BCUT2D eigenvalue weighted by atomic mass is 10.2. The Kier molecular flexibility index (Phi) is 6.69. The summed E-state index contributed by atoms with van der Waals surface area (Å²) in [5, 5.41) is 3.70. The number of benzene rings is 1. The van der Waals surface area contributed by atoms with Gasteiger partial charge in [0.25, 0.3) is 5.91 Å². The van der Waals surface area contributed by atoms with E-state index in [-0.39, 0.29) is 22.3 Å². The third-order valence-electron chi connectivity index (χ3n) is 2.86. The molecular weight excluding hydrogens is 398 g/mol. The number of pyridine rings is 1. The molecule has 5 nitrogen and oxygen atoms in total. The molecule has 0 fully saturated rings. The van der Waals surface area contributed by atoms with Crippen molar-refractivity contribution in [3.63, 3.8) is 0 Å². The zero-order valence-electron chi connectivity index (χ0n) is 12.0. The Balaban J connectivity index is 1.84. The molecule has 2 rings (SSSR count). The molecule has 0 saturated heterocycles. The number of carbonyl (C=O) groups is 2. The predicted molar refractivity (Wildman–Crippen MR) is 92.8 cm³/mol. The second kappa shape index (κ2) is 8.53. The SMILES string of the molecule is O=C(COC(=O)c1cnc(Cl)c(Cl)c1)NCc1ccc(Cl)cc1Cl. The highest BCUT2D eigenvalue weighted by Gasteiger charge is 2.13. The van der Waals surface area contributed by atoms with E-state index in [1.807, 2.05) is 0 Å². The van der Waals surface area contributed by atoms with Crippen molar-refractivity contribution < 1.29 is 14.3 Å². The minimum Gasteiger partial charge on any atom is -0.452 e. The zero-order chi connectivity index (χ0) is 17.7. The van der Waals surface area contributed by atoms with E-state index in [1.54, 1.807) is 18.2 Å². The highest BCUT2D eigenvalue weighted by Crippen LogP contribution is 2.21. The standard InChI is InChI=1S/C15H10Cl4N2O3/c16-10-2-1-8(11(17)4-10)5-20-13(22)7-24-15(23)9-3-12(18)14(19)21-6-9/h1-4,6H,5,7H2,(H,20,22). The van der Waals surface area contributed by atoms with Gasteiger partial charge in [-0.25, -0.2) is 9.78 Å². The number of halogens is 4. The fraction of sp³-hybridized carbons (Fsp3) is 0.133. The van der Waals surface area contributed by atoms with E-state index < -0.39 is 18.5 Å². The second-order valence-electron chi connectivity index (χ2n) is 4.59. The first-order chi connectivity index (χ1) is 11.4. The van der Waals surface area contributed by atoms with Gasteiger partial charge in [0.1, 0.15) is 5.15 Å². The van der Waals surface area contributed by atoms with Gasteiger partial charge in [0, 0.05) is 22.8 Å². The van der Waals surface area contributed by atoms with E-state index in [9.17, 15) is 9.59 Å². The van der Waals surface area contributed by atoms with Gasteiger partial charge in [-0.05, 0) is 23.8 Å². The van der Waals surface area contributed by atoms with E-state index in [2.05, 4.69) is 10.3 Å². The van der Waals surface area contributed by atoms with Crippen LogP contribution in [0.3, 0.4) is 0 Å². The summed E-state index contributed by atoms with van der Waals surface area (Å²) in [5.74, 6) is -1.22. The molecule has 24 heavy (non-hydrogen) atoms. The van der Waals surface area contributed by atoms with Crippen LogP contribution >= 0.6 is 46.4 Å². The van der Waals surface area contributed by atoms with Crippen LogP contribution in [0.2, 0.25) is 20.2 Å². The summed E-state index contributed by atoms with van der Waals surface area (Å²) < 4.78 is 4.88. The Morgan fingerprint density at radius 1 is 1.08 bits per heavy atom. The molecule has 126 valence electrons. The largest absolute Gasteiger partial charge is 0.452 e. The van der Waals surface area contributed by atoms with Gasteiger partial charge in [0.15, 0.2) is 6.61 Å². The summed E-state index contributed by atoms with van der Waals surface area (Å²) >= 11 is 23.2. The monoisotopic (exact) mass is 406 g/mol. The Morgan fingerprint density at radius 3 is 2.50 bits per heavy atom. The van der Waals surface area contributed by atoms with Crippen molar-refractivity contribution in [2.24, 2.45) is 0 Å². The topological polar surface area (TPSA) is 68.3 Å². The molecule has 0 bridgehead atoms. The van der Waals surface area contributed by atoms with E-state index >= 15 is 0 Å². The molecule has 0 atom stereocenters. The number of ether oxygens (including phenoxy) is 1. The van der Waals surface area contributed by atoms with Crippen LogP contribution in [0, 0.1) is 0 Å². The lowest BCUT2D eigenvalue weighted by molar-refractivity contribution is -0.124. The second-order valence-corrected chi connectivity index (χ2v) is 6.19. The molecule has 0 aliphatic heterocycles. The number of nitrogens with zero attached hydrogens (tertiary/aromatic N) is 1. The number of hydrogen-bond donors (Lipinski definition) is 1. The van der Waals surface area contributed by atoms with Crippen molar-refractivity contribution >= 4 is 58.3 Å². The summed E-state index contributed by atoms with van der Waals surface area (Å²) in [6.45, 7) is -0.273. The Morgan fingerprint density at radius 2 is 1.83 bits per heavy atom. The highest BCUT2D eigenvalue weighted by molar-refractivity contribution is 6.41. The van der Waals surface area contributed by atoms with Crippen molar-refractivity contribution in [2.75, 3.05) is 6.61 Å². The zero-order valence-corrected chi connectivity index (χ0v) is 15.0. The van der Waals surface area contributed by atoms with Crippen LogP contribution in [0.4, 0.5) is 0 Å². The summed E-state index contributed by atoms with van der Waals surface area (Å²) in [6.07, 6.45) is 1.21. The number of hydrogen-bond acceptors (Lipinski definition) is 4. The molecular formula is C15H10Cl4N2O3. The maximum Gasteiger partial charge on any atom is 0.340 e. The number of nitrogens with one attached hydrogen (secondary N) is 1. The molecule has 0 spiro atoms. The Bertz CT molecular complexity index is 783. The van der Waals surface area contributed by atoms with Gasteiger partial charge in [0.05, 0.1) is 10.6 Å². The predicted octanol–water partition coefficient (Wildman–Crippen LogP) is 4.17. The van der Waals surface area contributed by atoms with Gasteiger partial charge in [-0.15, -0.1) is 0 Å². The molecule has 1 aromatic carbocycles. The lowest BCUT2D eigenvalue weighted by Crippen LogP contribution is -2.28. The van der Waals surface area contributed by atoms with Crippen LogP contribution in [0.1, 0.15) is 15.9 Å². The minimum atomic E-state index is -0.735. The van der Waals surface area contributed by atoms with Gasteiger partial charge in [-0.3, -0.25) is 4.79 Å². The van der Waals surface area contributed by atoms with Crippen molar-refractivity contribution in [2.45, 2.75) is 6.54 Å². The van der Waals surface area contributed by atoms with Crippen LogP contribution in [0.15, 0.2) is 30.5 Å². The summed E-state index contributed by atoms with van der Waals surface area (Å²) in [4.78, 5) is 27.3. The summed E-state index contributed by atoms with van der Waals surface area (Å²) in [7, 11) is 0.